The molecule has 0 aromatic carbocycles. The standard InChI is InChI=1S/H4NO4.H3O4Si/c2-1(3,4)5;1-5(2,3)4/h2-5H;1-3H/q+1;-1. The number of rotatable bonds is 0. The van der Waals surface area contributed by atoms with Crippen LogP contribution in [0.4, 0.5) is 0 Å². The van der Waals surface area contributed by atoms with Crippen molar-refractivity contribution in [3.05, 3.63) is 0 Å². The van der Waals surface area contributed by atoms with Crippen LogP contribution in [0.2, 0.25) is 0 Å². The molecular formula is H7NO8Si. The van der Waals surface area contributed by atoms with Gasteiger partial charge in [-0.1, -0.05) is 0 Å². The zero-order valence-corrected chi connectivity index (χ0v) is 5.49. The third-order valence-electron chi connectivity index (χ3n) is 0. The largest absolute Gasteiger partial charge is 0.794 e. The van der Waals surface area contributed by atoms with Crippen LogP contribution in [0, 0.1) is 0 Å². The van der Waals surface area contributed by atoms with Crippen molar-refractivity contribution < 1.29 is 45.1 Å². The molecule has 0 aromatic heterocycles. The summed E-state index contributed by atoms with van der Waals surface area (Å²) in [6.07, 6.45) is 0. The lowest BCUT2D eigenvalue weighted by molar-refractivity contribution is -1.48. The van der Waals surface area contributed by atoms with Gasteiger partial charge in [0.2, 0.25) is 5.14 Å². The second-order valence-electron chi connectivity index (χ2n) is 1.11. The highest BCUT2D eigenvalue weighted by Crippen LogP contribution is 1.69. The molecule has 64 valence electrons. The molecule has 0 rings (SSSR count). The first-order valence-corrected chi connectivity index (χ1v) is 3.42. The molecule has 0 radical (unpaired) electrons. The maximum Gasteiger partial charge on any atom is 0.404 e. The predicted molar refractivity (Wildman–Crippen MR) is 19.8 cm³/mol. The van der Waals surface area contributed by atoms with Crippen molar-refractivity contribution in [2.45, 2.75) is 0 Å². The van der Waals surface area contributed by atoms with Crippen LogP contribution in [0.15, 0.2) is 0 Å². The minimum absolute atomic E-state index is 3.00. The van der Waals surface area contributed by atoms with Gasteiger partial charge >= 0.3 is 9.05 Å². The Kier molecular flexibility index (Phi) is 4.87. The van der Waals surface area contributed by atoms with E-state index in [2.05, 4.69) is 0 Å². The van der Waals surface area contributed by atoms with E-state index in [9.17, 15) is 0 Å². The fraction of sp³-hybridized carbons (Fsp3) is 0. The molecule has 10 heteroatoms. The van der Waals surface area contributed by atoms with E-state index in [0.29, 0.717) is 0 Å². The molecule has 0 saturated carbocycles. The lowest BCUT2D eigenvalue weighted by atomic mass is 12.8. The van der Waals surface area contributed by atoms with E-state index in [1.807, 2.05) is 0 Å². The van der Waals surface area contributed by atoms with E-state index in [0.717, 1.165) is 0 Å². The highest BCUT2D eigenvalue weighted by atomic mass is 28.4. The molecule has 0 aliphatic carbocycles. The molecular weight excluding hydrogens is 170 g/mol. The smallest absolute Gasteiger partial charge is 0.404 e. The first kappa shape index (κ1) is 12.5. The molecule has 0 saturated heterocycles. The van der Waals surface area contributed by atoms with Gasteiger partial charge < -0.3 is 19.2 Å². The van der Waals surface area contributed by atoms with Crippen LogP contribution >= 0.6 is 0 Å². The minimum atomic E-state index is -4.86. The van der Waals surface area contributed by atoms with Crippen molar-refractivity contribution in [1.29, 1.82) is 0 Å². The average molecular weight is 177 g/mol. The van der Waals surface area contributed by atoms with Crippen LogP contribution in [0.1, 0.15) is 0 Å². The summed E-state index contributed by atoms with van der Waals surface area (Å²) in [6, 6.07) is 0. The summed E-state index contributed by atoms with van der Waals surface area (Å²) in [5.41, 5.74) is 0. The van der Waals surface area contributed by atoms with Crippen LogP contribution in [0.3, 0.4) is 0 Å². The molecule has 0 amide bonds. The number of hydrogen-bond donors (Lipinski definition) is 7. The van der Waals surface area contributed by atoms with Crippen LogP contribution in [-0.2, 0) is 0 Å². The van der Waals surface area contributed by atoms with Crippen LogP contribution in [-0.4, -0.2) is 49.4 Å². The molecule has 10 heavy (non-hydrogen) atoms. The van der Waals surface area contributed by atoms with Crippen LogP contribution in [0.25, 0.3) is 0 Å². The molecule has 0 bridgehead atoms. The fourth-order valence-electron chi connectivity index (χ4n) is 0. The third kappa shape index (κ3) is 18000. The molecule has 0 aromatic rings. The first-order chi connectivity index (χ1) is 4.00. The van der Waals surface area contributed by atoms with E-state index in [-0.39, 0.29) is 0 Å². The molecule has 0 heterocycles. The molecule has 0 atom stereocenters. The summed E-state index contributed by atoms with van der Waals surface area (Å²) in [7, 11) is -4.86. The number of nitrogens with zero attached hydrogens (tertiary/aromatic N) is 1. The molecule has 0 spiro atoms. The van der Waals surface area contributed by atoms with Crippen molar-refractivity contribution in [2.75, 3.05) is 0 Å². The predicted octanol–water partition coefficient (Wildman–Crippen LogP) is -3.88. The summed E-state index contributed by atoms with van der Waals surface area (Å²) in [5, 5.41) is 25.5. The highest BCUT2D eigenvalue weighted by Gasteiger charge is 2.07. The highest BCUT2D eigenvalue weighted by molar-refractivity contribution is 6.44. The van der Waals surface area contributed by atoms with Gasteiger partial charge in [0, 0.05) is 0 Å². The first-order valence-electron chi connectivity index (χ1n) is 1.67. The Hall–Kier alpha value is -0.143. The second-order valence-corrected chi connectivity index (χ2v) is 2.26. The molecule has 0 aliphatic rings. The Labute approximate surface area is 55.4 Å². The number of quaternary nitrogens is 1. The van der Waals surface area contributed by atoms with E-state index in [4.69, 9.17) is 40.0 Å². The van der Waals surface area contributed by atoms with Gasteiger partial charge in [0.05, 0.1) is 0 Å². The Morgan fingerprint density at radius 1 is 0.900 bits per heavy atom. The quantitative estimate of drug-likeness (QED) is 0.112. The van der Waals surface area contributed by atoms with E-state index in [1.165, 1.54) is 0 Å². The molecule has 0 unspecified atom stereocenters. The Balaban J connectivity index is 0. The van der Waals surface area contributed by atoms with Gasteiger partial charge in [0.25, 0.3) is 0 Å². The number of hydrogen-bond acceptors (Lipinski definition) is 8. The van der Waals surface area contributed by atoms with Gasteiger partial charge in [0.1, 0.15) is 0 Å². The molecule has 9 nitrogen and oxygen atoms in total. The summed E-state index contributed by atoms with van der Waals surface area (Å²) in [5.74, 6) is 0. The Morgan fingerprint density at radius 3 is 0.900 bits per heavy atom. The zero-order chi connectivity index (χ0) is 9.00. The van der Waals surface area contributed by atoms with Gasteiger partial charge in [0.15, 0.2) is 0 Å². The van der Waals surface area contributed by atoms with Crippen LogP contribution < -0.4 is 4.80 Å². The summed E-state index contributed by atoms with van der Waals surface area (Å²) >= 11 is 0. The topological polar surface area (TPSA) is 165 Å². The molecule has 0 fully saturated rings. The van der Waals surface area contributed by atoms with Gasteiger partial charge in [-0.2, -0.15) is 0 Å². The van der Waals surface area contributed by atoms with E-state index < -0.39 is 14.2 Å². The van der Waals surface area contributed by atoms with Gasteiger partial charge in [-0.3, -0.25) is 0 Å². The molecule has 0 aliphatic heterocycles. The zero-order valence-electron chi connectivity index (χ0n) is 4.49. The van der Waals surface area contributed by atoms with Gasteiger partial charge in [-0.25, -0.2) is 0 Å². The second kappa shape index (κ2) is 3.89. The normalized spacial score (nSPS) is 12.0. The minimum Gasteiger partial charge on any atom is -0.794 e. The monoisotopic (exact) mass is 177 g/mol. The van der Waals surface area contributed by atoms with Crippen molar-refractivity contribution in [3.63, 3.8) is 0 Å². The third-order valence-corrected chi connectivity index (χ3v) is 0. The average Bonchev–Trinajstić information content (AvgIpc) is 1.12. The summed E-state index contributed by atoms with van der Waals surface area (Å²) < 4.78 is 0. The van der Waals surface area contributed by atoms with Gasteiger partial charge in [-0.15, -0.1) is 20.8 Å². The SMILES string of the molecule is O[N+](O)(O)O.[O-][Si](O)(O)O. The summed E-state index contributed by atoms with van der Waals surface area (Å²) in [4.78, 5) is 30.6. The van der Waals surface area contributed by atoms with E-state index >= 15 is 0 Å². The van der Waals surface area contributed by atoms with Crippen molar-refractivity contribution in [2.24, 2.45) is 0 Å². The lowest BCUT2D eigenvalue weighted by Gasteiger charge is -2.11. The van der Waals surface area contributed by atoms with Crippen molar-refractivity contribution in [1.82, 2.24) is 0 Å². The lowest BCUT2D eigenvalue weighted by Crippen LogP contribution is -2.50. The molecule has 7 N–H and O–H groups in total. The van der Waals surface area contributed by atoms with E-state index in [1.54, 1.807) is 0 Å². The maximum absolute atomic E-state index is 8.91. The summed E-state index contributed by atoms with van der Waals surface area (Å²) in [6.45, 7) is 0. The fourth-order valence-corrected chi connectivity index (χ4v) is 0. The Bertz CT molecular complexity index is 52.2. The Morgan fingerprint density at radius 2 is 0.900 bits per heavy atom. The van der Waals surface area contributed by atoms with Gasteiger partial charge in [-0.05, 0) is 0 Å². The van der Waals surface area contributed by atoms with Crippen molar-refractivity contribution in [3.8, 4) is 0 Å². The van der Waals surface area contributed by atoms with Crippen molar-refractivity contribution >= 4 is 9.05 Å². The maximum atomic E-state index is 8.91. The van der Waals surface area contributed by atoms with Crippen LogP contribution in [0.5, 0.6) is 0 Å².